The third kappa shape index (κ3) is 5.65. The Balaban J connectivity index is 1.95. The molecule has 0 fully saturated rings. The third-order valence-corrected chi connectivity index (χ3v) is 5.73. The Bertz CT molecular complexity index is 1100. The Morgan fingerprint density at radius 2 is 1.84 bits per heavy atom. The topological polar surface area (TPSA) is 71.3 Å². The molecule has 8 heteroatoms. The van der Waals surface area contributed by atoms with E-state index in [4.69, 9.17) is 18.9 Å². The standard InChI is InChI=1S/C23H28N2O5S/c1-5-29-12-11-25-19-10-9-18(30-6-2)15-21(19)31-23(25)24-22(26)13-16-7-8-17(27-3)14-20(16)28-4/h7-10,14-15H,5-6,11-13H2,1-4H3. The van der Waals surface area contributed by atoms with Gasteiger partial charge in [-0.1, -0.05) is 17.4 Å². The van der Waals surface area contributed by atoms with E-state index in [9.17, 15) is 4.79 Å². The zero-order chi connectivity index (χ0) is 22.2. The molecule has 0 radical (unpaired) electrons. The number of thiazole rings is 1. The second-order valence-electron chi connectivity index (χ2n) is 6.66. The number of carbonyl (C=O) groups excluding carboxylic acids is 1. The zero-order valence-electron chi connectivity index (χ0n) is 18.3. The fraction of sp³-hybridized carbons (Fsp3) is 0.391. The summed E-state index contributed by atoms with van der Waals surface area (Å²) >= 11 is 1.47. The molecule has 0 aliphatic carbocycles. The summed E-state index contributed by atoms with van der Waals surface area (Å²) in [4.78, 5) is 17.9. The number of nitrogens with zero attached hydrogens (tertiary/aromatic N) is 2. The van der Waals surface area contributed by atoms with Crippen molar-refractivity contribution in [2.75, 3.05) is 34.0 Å². The van der Waals surface area contributed by atoms with E-state index < -0.39 is 0 Å². The Morgan fingerprint density at radius 1 is 1.03 bits per heavy atom. The number of aromatic nitrogens is 1. The smallest absolute Gasteiger partial charge is 0.252 e. The third-order valence-electron chi connectivity index (χ3n) is 4.68. The molecule has 0 N–H and O–H groups in total. The summed E-state index contributed by atoms with van der Waals surface area (Å²) in [6, 6.07) is 11.3. The van der Waals surface area contributed by atoms with E-state index in [1.54, 1.807) is 20.3 Å². The van der Waals surface area contributed by atoms with E-state index in [0.717, 1.165) is 21.5 Å². The molecule has 0 bridgehead atoms. The highest BCUT2D eigenvalue weighted by molar-refractivity contribution is 7.16. The van der Waals surface area contributed by atoms with Crippen LogP contribution in [0, 0.1) is 0 Å². The molecular weight excluding hydrogens is 416 g/mol. The minimum Gasteiger partial charge on any atom is -0.497 e. The molecule has 0 saturated carbocycles. The molecule has 7 nitrogen and oxygen atoms in total. The van der Waals surface area contributed by atoms with Crippen LogP contribution in [-0.4, -0.2) is 44.5 Å². The minimum absolute atomic E-state index is 0.136. The van der Waals surface area contributed by atoms with Crippen LogP contribution in [0.4, 0.5) is 0 Å². The van der Waals surface area contributed by atoms with Gasteiger partial charge in [0.05, 0.1) is 44.1 Å². The highest BCUT2D eigenvalue weighted by Gasteiger charge is 2.12. The minimum atomic E-state index is -0.245. The van der Waals surface area contributed by atoms with Gasteiger partial charge >= 0.3 is 0 Å². The fourth-order valence-corrected chi connectivity index (χ4v) is 4.32. The lowest BCUT2D eigenvalue weighted by Gasteiger charge is -2.09. The maximum atomic E-state index is 12.8. The van der Waals surface area contributed by atoms with Gasteiger partial charge in [-0.25, -0.2) is 0 Å². The van der Waals surface area contributed by atoms with Crippen molar-refractivity contribution >= 4 is 27.5 Å². The summed E-state index contributed by atoms with van der Waals surface area (Å²) < 4.78 is 24.8. The number of hydrogen-bond donors (Lipinski definition) is 0. The van der Waals surface area contributed by atoms with Crippen molar-refractivity contribution in [2.45, 2.75) is 26.8 Å². The molecule has 0 saturated heterocycles. The van der Waals surface area contributed by atoms with Crippen LogP contribution in [0.15, 0.2) is 41.4 Å². The Labute approximate surface area is 185 Å². The first-order valence-electron chi connectivity index (χ1n) is 10.2. The molecule has 3 rings (SSSR count). The Kier molecular flexibility index (Phi) is 8.08. The Morgan fingerprint density at radius 3 is 2.55 bits per heavy atom. The molecule has 31 heavy (non-hydrogen) atoms. The molecule has 0 aliphatic rings. The molecule has 166 valence electrons. The highest BCUT2D eigenvalue weighted by atomic mass is 32.1. The van der Waals surface area contributed by atoms with Gasteiger partial charge in [0.15, 0.2) is 4.80 Å². The predicted molar refractivity (Wildman–Crippen MR) is 121 cm³/mol. The van der Waals surface area contributed by atoms with Gasteiger partial charge in [0, 0.05) is 24.8 Å². The van der Waals surface area contributed by atoms with Gasteiger partial charge < -0.3 is 23.5 Å². The normalized spacial score (nSPS) is 11.7. The van der Waals surface area contributed by atoms with E-state index in [0.29, 0.717) is 42.7 Å². The van der Waals surface area contributed by atoms with Crippen molar-refractivity contribution in [3.63, 3.8) is 0 Å². The molecule has 0 spiro atoms. The molecule has 0 unspecified atom stereocenters. The van der Waals surface area contributed by atoms with Crippen LogP contribution in [0.2, 0.25) is 0 Å². The van der Waals surface area contributed by atoms with Crippen molar-refractivity contribution in [1.29, 1.82) is 0 Å². The molecule has 2 aromatic carbocycles. The average molecular weight is 445 g/mol. The van der Waals surface area contributed by atoms with Gasteiger partial charge in [0.1, 0.15) is 17.2 Å². The van der Waals surface area contributed by atoms with Crippen molar-refractivity contribution in [3.8, 4) is 17.2 Å². The number of hydrogen-bond acceptors (Lipinski definition) is 6. The van der Waals surface area contributed by atoms with Crippen LogP contribution in [0.3, 0.4) is 0 Å². The van der Waals surface area contributed by atoms with E-state index in [-0.39, 0.29) is 12.3 Å². The quantitative estimate of drug-likeness (QED) is 0.445. The summed E-state index contributed by atoms with van der Waals surface area (Å²) in [5.41, 5.74) is 1.76. The first-order valence-corrected chi connectivity index (χ1v) is 11.0. The lowest BCUT2D eigenvalue weighted by molar-refractivity contribution is -0.117. The molecule has 1 heterocycles. The van der Waals surface area contributed by atoms with Gasteiger partial charge in [-0.05, 0) is 38.1 Å². The van der Waals surface area contributed by atoms with E-state index >= 15 is 0 Å². The molecule has 0 aliphatic heterocycles. The number of fused-ring (bicyclic) bond motifs is 1. The SMILES string of the molecule is CCOCCn1c(=NC(=O)Cc2ccc(OC)cc2OC)sc2cc(OCC)ccc21. The lowest BCUT2D eigenvalue weighted by Crippen LogP contribution is -2.20. The Hall–Kier alpha value is -2.84. The van der Waals surface area contributed by atoms with Crippen LogP contribution >= 0.6 is 11.3 Å². The number of benzene rings is 2. The van der Waals surface area contributed by atoms with Gasteiger partial charge in [0.25, 0.3) is 5.91 Å². The lowest BCUT2D eigenvalue weighted by atomic mass is 10.1. The average Bonchev–Trinajstić information content (AvgIpc) is 3.10. The van der Waals surface area contributed by atoms with Crippen LogP contribution in [-0.2, 0) is 22.5 Å². The summed E-state index contributed by atoms with van der Waals surface area (Å²) in [6.07, 6.45) is 0.136. The van der Waals surface area contributed by atoms with Crippen molar-refractivity contribution in [1.82, 2.24) is 4.57 Å². The molecule has 1 aromatic heterocycles. The second kappa shape index (κ2) is 11.0. The highest BCUT2D eigenvalue weighted by Crippen LogP contribution is 2.26. The summed E-state index contributed by atoms with van der Waals surface area (Å²) in [6.45, 7) is 6.30. The molecular formula is C23H28N2O5S. The monoisotopic (exact) mass is 444 g/mol. The summed E-state index contributed by atoms with van der Waals surface area (Å²) in [5, 5.41) is 0. The second-order valence-corrected chi connectivity index (χ2v) is 7.66. The zero-order valence-corrected chi connectivity index (χ0v) is 19.2. The van der Waals surface area contributed by atoms with Crippen LogP contribution in [0.1, 0.15) is 19.4 Å². The largest absolute Gasteiger partial charge is 0.497 e. The fourth-order valence-electron chi connectivity index (χ4n) is 3.22. The van der Waals surface area contributed by atoms with Gasteiger partial charge in [-0.2, -0.15) is 4.99 Å². The van der Waals surface area contributed by atoms with Crippen molar-refractivity contribution in [2.24, 2.45) is 4.99 Å². The van der Waals surface area contributed by atoms with Gasteiger partial charge in [-0.3, -0.25) is 4.79 Å². The van der Waals surface area contributed by atoms with Crippen LogP contribution < -0.4 is 19.0 Å². The van der Waals surface area contributed by atoms with Gasteiger partial charge in [0.2, 0.25) is 0 Å². The van der Waals surface area contributed by atoms with E-state index in [1.165, 1.54) is 11.3 Å². The van der Waals surface area contributed by atoms with Crippen LogP contribution in [0.25, 0.3) is 10.2 Å². The summed E-state index contributed by atoms with van der Waals surface area (Å²) in [5.74, 6) is 1.83. The number of amides is 1. The molecule has 1 amide bonds. The maximum absolute atomic E-state index is 12.8. The van der Waals surface area contributed by atoms with E-state index in [1.807, 2.05) is 48.7 Å². The van der Waals surface area contributed by atoms with E-state index in [2.05, 4.69) is 4.99 Å². The predicted octanol–water partition coefficient (Wildman–Crippen LogP) is 3.83. The number of rotatable bonds is 10. The number of ether oxygens (including phenoxy) is 4. The van der Waals surface area contributed by atoms with Crippen molar-refractivity contribution < 1.29 is 23.7 Å². The first-order chi connectivity index (χ1) is 15.1. The number of carbonyl (C=O) groups is 1. The van der Waals surface area contributed by atoms with Gasteiger partial charge in [-0.15, -0.1) is 0 Å². The first kappa shape index (κ1) is 22.8. The molecule has 0 atom stereocenters. The maximum Gasteiger partial charge on any atom is 0.252 e. The van der Waals surface area contributed by atoms with Crippen LogP contribution in [0.5, 0.6) is 17.2 Å². The number of methoxy groups -OCH3 is 2. The molecule has 3 aromatic rings. The van der Waals surface area contributed by atoms with Crippen molar-refractivity contribution in [3.05, 3.63) is 46.8 Å². The summed E-state index contributed by atoms with van der Waals surface area (Å²) in [7, 11) is 3.16.